The van der Waals surface area contributed by atoms with E-state index in [1.54, 1.807) is 18.2 Å². The number of amides is 1. The summed E-state index contributed by atoms with van der Waals surface area (Å²) < 4.78 is 31.6. The van der Waals surface area contributed by atoms with E-state index < -0.39 is 17.5 Å². The van der Waals surface area contributed by atoms with Crippen LogP contribution >= 0.6 is 11.6 Å². The van der Waals surface area contributed by atoms with Crippen molar-refractivity contribution < 1.29 is 18.3 Å². The smallest absolute Gasteiger partial charge is 0.262 e. The largest absolute Gasteiger partial charge is 0.484 e. The lowest BCUT2D eigenvalue weighted by Crippen LogP contribution is -2.21. The van der Waals surface area contributed by atoms with E-state index >= 15 is 0 Å². The third-order valence-corrected chi connectivity index (χ3v) is 2.76. The molecule has 0 spiro atoms. The molecule has 0 unspecified atom stereocenters. The molecule has 110 valence electrons. The number of carbonyl (C=O) groups excluding carboxylic acids is 1. The number of nitrogens with two attached hydrogens (primary N) is 1. The number of rotatable bonds is 4. The number of hydrogen-bond acceptors (Lipinski definition) is 3. The van der Waals surface area contributed by atoms with E-state index in [0.717, 1.165) is 6.07 Å². The van der Waals surface area contributed by atoms with Crippen LogP contribution in [-0.2, 0) is 4.79 Å². The highest BCUT2D eigenvalue weighted by Crippen LogP contribution is 2.21. The zero-order chi connectivity index (χ0) is 15.4. The average molecular weight is 313 g/mol. The fourth-order valence-electron chi connectivity index (χ4n) is 1.55. The summed E-state index contributed by atoms with van der Waals surface area (Å²) in [6.07, 6.45) is 0. The fourth-order valence-corrected chi connectivity index (χ4v) is 1.73. The first-order chi connectivity index (χ1) is 9.95. The topological polar surface area (TPSA) is 64.3 Å². The average Bonchev–Trinajstić information content (AvgIpc) is 2.43. The number of nitrogen functional groups attached to an aromatic ring is 1. The maximum Gasteiger partial charge on any atom is 0.262 e. The summed E-state index contributed by atoms with van der Waals surface area (Å²) in [7, 11) is 0. The SMILES string of the molecule is Nc1cc(NC(=O)COc2cccc(Cl)c2)c(F)cc1F. The maximum atomic E-state index is 13.4. The fraction of sp³-hybridized carbons (Fsp3) is 0.0714. The van der Waals surface area contributed by atoms with Gasteiger partial charge in [0, 0.05) is 11.1 Å². The van der Waals surface area contributed by atoms with Gasteiger partial charge in [0.2, 0.25) is 0 Å². The summed E-state index contributed by atoms with van der Waals surface area (Å²) in [6.45, 7) is -0.350. The van der Waals surface area contributed by atoms with Crippen molar-refractivity contribution in [1.29, 1.82) is 0 Å². The molecule has 21 heavy (non-hydrogen) atoms. The molecule has 0 radical (unpaired) electrons. The van der Waals surface area contributed by atoms with Gasteiger partial charge in [0.05, 0.1) is 11.4 Å². The summed E-state index contributed by atoms with van der Waals surface area (Å²) in [5.41, 5.74) is 4.83. The molecule has 0 fully saturated rings. The summed E-state index contributed by atoms with van der Waals surface area (Å²) in [6, 6.07) is 8.08. The third-order valence-electron chi connectivity index (χ3n) is 2.53. The summed E-state index contributed by atoms with van der Waals surface area (Å²) in [4.78, 5) is 11.6. The summed E-state index contributed by atoms with van der Waals surface area (Å²) in [5, 5.41) is 2.71. The number of benzene rings is 2. The Kier molecular flexibility index (Phi) is 4.59. The van der Waals surface area contributed by atoms with Crippen molar-refractivity contribution in [2.75, 3.05) is 17.7 Å². The first-order valence-electron chi connectivity index (χ1n) is 5.88. The van der Waals surface area contributed by atoms with Crippen LogP contribution in [0.15, 0.2) is 36.4 Å². The van der Waals surface area contributed by atoms with Gasteiger partial charge in [-0.15, -0.1) is 0 Å². The van der Waals surface area contributed by atoms with Crippen molar-refractivity contribution in [1.82, 2.24) is 0 Å². The van der Waals surface area contributed by atoms with Crippen LogP contribution in [0.1, 0.15) is 0 Å². The van der Waals surface area contributed by atoms with Crippen molar-refractivity contribution in [3.63, 3.8) is 0 Å². The molecule has 0 atom stereocenters. The summed E-state index contributed by atoms with van der Waals surface area (Å²) >= 11 is 5.76. The molecule has 3 N–H and O–H groups in total. The molecule has 2 rings (SSSR count). The lowest BCUT2D eigenvalue weighted by Gasteiger charge is -2.09. The number of nitrogens with one attached hydrogen (secondary N) is 1. The van der Waals surface area contributed by atoms with Crippen molar-refractivity contribution in [2.45, 2.75) is 0 Å². The van der Waals surface area contributed by atoms with E-state index in [0.29, 0.717) is 16.8 Å². The van der Waals surface area contributed by atoms with E-state index in [1.165, 1.54) is 6.07 Å². The van der Waals surface area contributed by atoms with Crippen LogP contribution in [0, 0.1) is 11.6 Å². The van der Waals surface area contributed by atoms with Gasteiger partial charge in [-0.05, 0) is 24.3 Å². The number of anilines is 2. The quantitative estimate of drug-likeness (QED) is 0.852. The van der Waals surface area contributed by atoms with E-state index in [1.807, 2.05) is 0 Å². The van der Waals surface area contributed by atoms with E-state index in [9.17, 15) is 13.6 Å². The van der Waals surface area contributed by atoms with Gasteiger partial charge < -0.3 is 15.8 Å². The molecule has 0 aliphatic rings. The minimum absolute atomic E-state index is 0.214. The minimum atomic E-state index is -0.919. The highest BCUT2D eigenvalue weighted by atomic mass is 35.5. The molecule has 2 aromatic rings. The normalized spacial score (nSPS) is 10.2. The molecule has 4 nitrogen and oxygen atoms in total. The van der Waals surface area contributed by atoms with Gasteiger partial charge in [0.15, 0.2) is 6.61 Å². The van der Waals surface area contributed by atoms with Gasteiger partial charge in [0.25, 0.3) is 5.91 Å². The van der Waals surface area contributed by atoms with Gasteiger partial charge in [-0.2, -0.15) is 0 Å². The van der Waals surface area contributed by atoms with Crippen LogP contribution in [0.4, 0.5) is 20.2 Å². The standard InChI is InChI=1S/C14H11ClF2N2O2/c15-8-2-1-3-9(4-8)21-7-14(20)19-13-6-12(18)10(16)5-11(13)17/h1-6H,7,18H2,(H,19,20). The highest BCUT2D eigenvalue weighted by molar-refractivity contribution is 6.30. The number of carbonyl (C=O) groups is 1. The van der Waals surface area contributed by atoms with Crippen LogP contribution in [0.3, 0.4) is 0 Å². The van der Waals surface area contributed by atoms with Gasteiger partial charge in [-0.25, -0.2) is 8.78 Å². The second kappa shape index (κ2) is 6.41. The molecule has 7 heteroatoms. The number of halogens is 3. The Morgan fingerprint density at radius 1 is 1.24 bits per heavy atom. The second-order valence-electron chi connectivity index (χ2n) is 4.15. The second-order valence-corrected chi connectivity index (χ2v) is 4.58. The molecule has 0 saturated heterocycles. The molecular weight excluding hydrogens is 302 g/mol. The molecule has 2 aromatic carbocycles. The first-order valence-corrected chi connectivity index (χ1v) is 6.26. The van der Waals surface area contributed by atoms with Crippen LogP contribution < -0.4 is 15.8 Å². The Morgan fingerprint density at radius 2 is 2.00 bits per heavy atom. The Hall–Kier alpha value is -2.34. The Labute approximate surface area is 124 Å². The van der Waals surface area contributed by atoms with Gasteiger partial charge in [-0.3, -0.25) is 4.79 Å². The van der Waals surface area contributed by atoms with Crippen molar-refractivity contribution >= 4 is 28.9 Å². The Bertz CT molecular complexity index is 680. The van der Waals surface area contributed by atoms with Gasteiger partial charge in [-0.1, -0.05) is 17.7 Å². The molecule has 0 bridgehead atoms. The molecule has 0 saturated carbocycles. The van der Waals surface area contributed by atoms with Crippen molar-refractivity contribution in [3.8, 4) is 5.75 Å². The van der Waals surface area contributed by atoms with Crippen LogP contribution in [0.5, 0.6) is 5.75 Å². The van der Waals surface area contributed by atoms with Crippen molar-refractivity contribution in [3.05, 3.63) is 53.1 Å². The summed E-state index contributed by atoms with van der Waals surface area (Å²) in [5.74, 6) is -2.02. The highest BCUT2D eigenvalue weighted by Gasteiger charge is 2.11. The molecule has 0 aliphatic heterocycles. The Balaban J connectivity index is 1.97. The molecule has 0 aliphatic carbocycles. The minimum Gasteiger partial charge on any atom is -0.484 e. The van der Waals surface area contributed by atoms with Crippen molar-refractivity contribution in [2.24, 2.45) is 0 Å². The molecule has 0 heterocycles. The molecule has 0 aromatic heterocycles. The molecule has 1 amide bonds. The first kappa shape index (κ1) is 15.1. The third kappa shape index (κ3) is 4.06. The zero-order valence-corrected chi connectivity index (χ0v) is 11.5. The van der Waals surface area contributed by atoms with E-state index in [4.69, 9.17) is 22.1 Å². The number of hydrogen-bond donors (Lipinski definition) is 2. The van der Waals surface area contributed by atoms with Gasteiger partial charge in [0.1, 0.15) is 17.4 Å². The predicted molar refractivity (Wildman–Crippen MR) is 76.3 cm³/mol. The van der Waals surface area contributed by atoms with Gasteiger partial charge >= 0.3 is 0 Å². The Morgan fingerprint density at radius 3 is 2.71 bits per heavy atom. The lowest BCUT2D eigenvalue weighted by molar-refractivity contribution is -0.118. The van der Waals surface area contributed by atoms with Crippen LogP contribution in [0.25, 0.3) is 0 Å². The molecular formula is C14H11ClF2N2O2. The monoisotopic (exact) mass is 312 g/mol. The van der Waals surface area contributed by atoms with E-state index in [2.05, 4.69) is 5.32 Å². The van der Waals surface area contributed by atoms with Crippen LogP contribution in [0.2, 0.25) is 5.02 Å². The lowest BCUT2D eigenvalue weighted by atomic mass is 10.2. The number of ether oxygens (including phenoxy) is 1. The predicted octanol–water partition coefficient (Wildman–Crippen LogP) is 3.22. The van der Waals surface area contributed by atoms with E-state index in [-0.39, 0.29) is 18.0 Å². The maximum absolute atomic E-state index is 13.4. The van der Waals surface area contributed by atoms with Crippen LogP contribution in [-0.4, -0.2) is 12.5 Å². The zero-order valence-electron chi connectivity index (χ0n) is 10.7.